The molecule has 1 saturated heterocycles. The summed E-state index contributed by atoms with van der Waals surface area (Å²) in [6.07, 6.45) is 4.05. The Balaban J connectivity index is 1.11. The van der Waals surface area contributed by atoms with Crippen LogP contribution in [0.4, 0.5) is 0 Å². The van der Waals surface area contributed by atoms with Crippen molar-refractivity contribution in [3.63, 3.8) is 0 Å². The van der Waals surface area contributed by atoms with E-state index in [4.69, 9.17) is 26.8 Å². The van der Waals surface area contributed by atoms with Gasteiger partial charge in [0.15, 0.2) is 22.1 Å². The van der Waals surface area contributed by atoms with E-state index in [1.807, 2.05) is 28.9 Å². The fourth-order valence-corrected chi connectivity index (χ4v) is 5.32. The van der Waals surface area contributed by atoms with Crippen LogP contribution in [0.5, 0.6) is 11.5 Å². The van der Waals surface area contributed by atoms with Crippen molar-refractivity contribution in [3.8, 4) is 11.5 Å². The van der Waals surface area contributed by atoms with E-state index in [9.17, 15) is 4.79 Å². The normalized spacial score (nSPS) is 18.5. The molecule has 0 bridgehead atoms. The zero-order valence-electron chi connectivity index (χ0n) is 19.8. The number of ether oxygens (including phenoxy) is 2. The highest BCUT2D eigenvalue weighted by Gasteiger charge is 2.31. The van der Waals surface area contributed by atoms with E-state index in [-0.39, 0.29) is 11.7 Å². The highest BCUT2D eigenvalue weighted by atomic mass is 32.1. The molecule has 6 rings (SSSR count). The Morgan fingerprint density at radius 2 is 1.71 bits per heavy atom. The molecule has 3 heterocycles. The molecule has 8 heteroatoms. The molecule has 0 N–H and O–H groups in total. The highest BCUT2D eigenvalue weighted by molar-refractivity contribution is 7.71. The quantitative estimate of drug-likeness (QED) is 0.355. The van der Waals surface area contributed by atoms with Gasteiger partial charge in [-0.2, -0.15) is 5.10 Å². The number of benzene rings is 2. The zero-order valence-corrected chi connectivity index (χ0v) is 20.6. The average Bonchev–Trinajstić information content (AvgIpc) is 3.71. The molecule has 2 aromatic carbocycles. The molecule has 35 heavy (non-hydrogen) atoms. The average molecular weight is 491 g/mol. The summed E-state index contributed by atoms with van der Waals surface area (Å²) in [5.74, 6) is 3.25. The van der Waals surface area contributed by atoms with E-state index in [0.717, 1.165) is 48.8 Å². The second-order valence-corrected chi connectivity index (χ2v) is 10.1. The maximum atomic E-state index is 13.2. The number of carbonyl (C=O) groups is 1. The van der Waals surface area contributed by atoms with Crippen molar-refractivity contribution in [2.24, 2.45) is 5.92 Å². The first-order valence-electron chi connectivity index (χ1n) is 12.5. The van der Waals surface area contributed by atoms with Crippen molar-refractivity contribution in [2.45, 2.75) is 44.8 Å². The third kappa shape index (κ3) is 4.77. The SMILES string of the molecule is O=C(c1ccc2c(c1)OCCO2)C1CCN(Cn2nc(C3CC3)n(Cc3ccccc3)c2=S)CC1. The van der Waals surface area contributed by atoms with Crippen molar-refractivity contribution in [1.82, 2.24) is 19.2 Å². The van der Waals surface area contributed by atoms with Crippen LogP contribution >= 0.6 is 12.2 Å². The molecule has 1 aromatic heterocycles. The summed E-state index contributed by atoms with van der Waals surface area (Å²) in [6.45, 7) is 4.22. The van der Waals surface area contributed by atoms with Crippen LogP contribution in [0.25, 0.3) is 0 Å². The number of hydrogen-bond acceptors (Lipinski definition) is 6. The monoisotopic (exact) mass is 490 g/mol. The molecule has 182 valence electrons. The Morgan fingerprint density at radius 1 is 0.971 bits per heavy atom. The molecule has 0 radical (unpaired) electrons. The number of fused-ring (bicyclic) bond motifs is 1. The van der Waals surface area contributed by atoms with E-state index < -0.39 is 0 Å². The minimum atomic E-state index is 0.0273. The molecule has 2 aliphatic heterocycles. The lowest BCUT2D eigenvalue weighted by atomic mass is 9.89. The molecular formula is C27H30N4O3S. The molecular weight excluding hydrogens is 460 g/mol. The third-order valence-corrected chi connectivity index (χ3v) is 7.63. The number of hydrogen-bond donors (Lipinski definition) is 0. The number of carbonyl (C=O) groups excluding carboxylic acids is 1. The number of Topliss-reactive ketones (excluding diaryl/α,β-unsaturated/α-hetero) is 1. The smallest absolute Gasteiger partial charge is 0.199 e. The van der Waals surface area contributed by atoms with Crippen LogP contribution in [0.1, 0.15) is 53.3 Å². The summed E-state index contributed by atoms with van der Waals surface area (Å²) < 4.78 is 16.2. The van der Waals surface area contributed by atoms with Gasteiger partial charge >= 0.3 is 0 Å². The number of piperidine rings is 1. The van der Waals surface area contributed by atoms with Crippen molar-refractivity contribution in [3.05, 3.63) is 70.3 Å². The van der Waals surface area contributed by atoms with Gasteiger partial charge in [-0.25, -0.2) is 4.68 Å². The van der Waals surface area contributed by atoms with Gasteiger partial charge < -0.3 is 9.47 Å². The molecule has 1 aliphatic carbocycles. The molecule has 3 aliphatic rings. The van der Waals surface area contributed by atoms with Crippen LogP contribution in [-0.4, -0.2) is 51.3 Å². The maximum Gasteiger partial charge on any atom is 0.199 e. The first kappa shape index (κ1) is 22.5. The van der Waals surface area contributed by atoms with Crippen molar-refractivity contribution in [2.75, 3.05) is 26.3 Å². The second kappa shape index (κ2) is 9.59. The van der Waals surface area contributed by atoms with E-state index >= 15 is 0 Å². The fourth-order valence-electron chi connectivity index (χ4n) is 5.07. The van der Waals surface area contributed by atoms with Crippen LogP contribution in [0, 0.1) is 10.7 Å². The zero-order chi connectivity index (χ0) is 23.8. The Kier molecular flexibility index (Phi) is 6.16. The number of aromatic nitrogens is 3. The maximum absolute atomic E-state index is 13.2. The molecule has 1 saturated carbocycles. The summed E-state index contributed by atoms with van der Waals surface area (Å²) >= 11 is 5.87. The van der Waals surface area contributed by atoms with Crippen LogP contribution in [0.15, 0.2) is 48.5 Å². The molecule has 2 fully saturated rings. The molecule has 7 nitrogen and oxygen atoms in total. The van der Waals surface area contributed by atoms with Crippen molar-refractivity contribution < 1.29 is 14.3 Å². The van der Waals surface area contributed by atoms with E-state index in [0.29, 0.717) is 37.1 Å². The predicted molar refractivity (Wildman–Crippen MR) is 135 cm³/mol. The van der Waals surface area contributed by atoms with Gasteiger partial charge in [-0.3, -0.25) is 14.3 Å². The van der Waals surface area contributed by atoms with Crippen LogP contribution < -0.4 is 9.47 Å². The Labute approximate surface area is 210 Å². The summed E-state index contributed by atoms with van der Waals surface area (Å²) in [7, 11) is 0. The number of rotatable bonds is 7. The van der Waals surface area contributed by atoms with E-state index in [2.05, 4.69) is 33.7 Å². The second-order valence-electron chi connectivity index (χ2n) is 9.74. The summed E-state index contributed by atoms with van der Waals surface area (Å²) in [6, 6.07) is 16.0. The van der Waals surface area contributed by atoms with Crippen molar-refractivity contribution >= 4 is 18.0 Å². The van der Waals surface area contributed by atoms with E-state index in [1.165, 1.54) is 18.4 Å². The van der Waals surface area contributed by atoms with Gasteiger partial charge in [0.25, 0.3) is 0 Å². The minimum Gasteiger partial charge on any atom is -0.486 e. The van der Waals surface area contributed by atoms with Crippen LogP contribution in [0.2, 0.25) is 0 Å². The molecule has 0 atom stereocenters. The lowest BCUT2D eigenvalue weighted by Crippen LogP contribution is -2.37. The summed E-state index contributed by atoms with van der Waals surface area (Å²) in [5, 5.41) is 4.95. The number of nitrogens with zero attached hydrogens (tertiary/aromatic N) is 4. The number of likely N-dealkylation sites (tertiary alicyclic amines) is 1. The van der Waals surface area contributed by atoms with Crippen LogP contribution in [-0.2, 0) is 13.2 Å². The minimum absolute atomic E-state index is 0.0273. The van der Waals surface area contributed by atoms with Gasteiger partial charge in [0.05, 0.1) is 13.2 Å². The Morgan fingerprint density at radius 3 is 2.46 bits per heavy atom. The van der Waals surface area contributed by atoms with Gasteiger partial charge in [0.1, 0.15) is 19.0 Å². The summed E-state index contributed by atoms with van der Waals surface area (Å²) in [4.78, 5) is 15.5. The van der Waals surface area contributed by atoms with Gasteiger partial charge in [0, 0.05) is 30.5 Å². The Bertz CT molecular complexity index is 1270. The molecule has 0 spiro atoms. The van der Waals surface area contributed by atoms with Gasteiger partial charge in [0.2, 0.25) is 0 Å². The lowest BCUT2D eigenvalue weighted by Gasteiger charge is -2.31. The highest BCUT2D eigenvalue weighted by Crippen LogP contribution is 2.39. The topological polar surface area (TPSA) is 61.5 Å². The lowest BCUT2D eigenvalue weighted by molar-refractivity contribution is 0.0802. The first-order chi connectivity index (χ1) is 17.2. The standard InChI is InChI=1S/C27H30N4O3S/c32-25(22-8-9-23-24(16-22)34-15-14-33-23)20-10-12-29(13-11-20)18-31-27(35)30(26(28-31)21-6-7-21)17-19-4-2-1-3-5-19/h1-5,8-9,16,20-21H,6-7,10-15,17-18H2. The van der Waals surface area contributed by atoms with Gasteiger partial charge in [-0.15, -0.1) is 0 Å². The number of ketones is 1. The van der Waals surface area contributed by atoms with Gasteiger partial charge in [-0.1, -0.05) is 30.3 Å². The predicted octanol–water partition coefficient (Wildman–Crippen LogP) is 4.66. The Hall–Kier alpha value is -2.97. The third-order valence-electron chi connectivity index (χ3n) is 7.20. The molecule has 0 unspecified atom stereocenters. The fraction of sp³-hybridized carbons (Fsp3) is 0.444. The van der Waals surface area contributed by atoms with Crippen LogP contribution in [0.3, 0.4) is 0 Å². The van der Waals surface area contributed by atoms with Crippen molar-refractivity contribution in [1.29, 1.82) is 0 Å². The van der Waals surface area contributed by atoms with E-state index in [1.54, 1.807) is 0 Å². The summed E-state index contributed by atoms with van der Waals surface area (Å²) in [5.41, 5.74) is 1.95. The largest absolute Gasteiger partial charge is 0.486 e. The molecule has 3 aromatic rings. The van der Waals surface area contributed by atoms with Gasteiger partial charge in [-0.05, 0) is 61.7 Å². The first-order valence-corrected chi connectivity index (χ1v) is 12.9. The molecule has 0 amide bonds.